The molecule has 14 heavy (non-hydrogen) atoms. The molecule has 0 aliphatic carbocycles. The zero-order valence-corrected chi connectivity index (χ0v) is 6.29. The number of hydrogen-bond donors (Lipinski definition) is 0. The fourth-order valence-electron chi connectivity index (χ4n) is 0.722. The molecule has 0 unspecified atom stereocenters. The number of hydrogen-bond acceptors (Lipinski definition) is 6. The molecular weight excluding hydrogens is 204 g/mol. The highest BCUT2D eigenvalue weighted by Gasteiger charge is 2.47. The number of hydrazine groups is 5. The third-order valence-electron chi connectivity index (χ3n) is 1.18. The summed E-state index contributed by atoms with van der Waals surface area (Å²) in [5.74, 6) is 0. The van der Waals surface area contributed by atoms with Gasteiger partial charge >= 0.3 is 0 Å². The van der Waals surface area contributed by atoms with E-state index in [0.717, 1.165) is 0 Å². The van der Waals surface area contributed by atoms with Crippen molar-refractivity contribution >= 4 is 0 Å². The number of nitro groups is 3. The fourth-order valence-corrected chi connectivity index (χ4v) is 0.722. The molecule has 1 heterocycles. The Morgan fingerprint density at radius 1 is 0.786 bits per heavy atom. The van der Waals surface area contributed by atoms with Gasteiger partial charge < -0.3 is 0 Å². The lowest BCUT2D eigenvalue weighted by Crippen LogP contribution is -2.52. The lowest BCUT2D eigenvalue weighted by atomic mass is 10.9. The van der Waals surface area contributed by atoms with E-state index in [4.69, 9.17) is 0 Å². The van der Waals surface area contributed by atoms with E-state index in [-0.39, 0.29) is 15.5 Å². The third-order valence-corrected chi connectivity index (χ3v) is 1.18. The maximum absolute atomic E-state index is 10.2. The van der Waals surface area contributed by atoms with Crippen LogP contribution in [0.15, 0.2) is 12.4 Å². The highest BCUT2D eigenvalue weighted by molar-refractivity contribution is 4.76. The molecule has 1 aliphatic heterocycles. The van der Waals surface area contributed by atoms with Crippen molar-refractivity contribution in [3.05, 3.63) is 42.7 Å². The van der Waals surface area contributed by atoms with Gasteiger partial charge in [0, 0.05) is 0 Å². The van der Waals surface area contributed by atoms with Gasteiger partial charge in [-0.1, -0.05) is 0 Å². The predicted octanol–water partition coefficient (Wildman–Crippen LogP) is -1.22. The van der Waals surface area contributed by atoms with Crippen molar-refractivity contribution in [1.29, 1.82) is 0 Å². The summed E-state index contributed by atoms with van der Waals surface area (Å²) in [6, 6.07) is 0. The molecule has 0 N–H and O–H groups in total. The van der Waals surface area contributed by atoms with Gasteiger partial charge in [0.1, 0.15) is 12.4 Å². The molecule has 0 aromatic carbocycles. The minimum Gasteiger partial charge on any atom is -0.233 e. The molecule has 0 aromatic heterocycles. The topological polar surface area (TPSA) is 139 Å². The molecule has 1 aliphatic rings. The molecule has 12 heteroatoms. The molecule has 0 radical (unpaired) electrons. The predicted molar refractivity (Wildman–Crippen MR) is 35.6 cm³/mol. The molecule has 0 aromatic rings. The first-order valence-electron chi connectivity index (χ1n) is 2.95. The van der Waals surface area contributed by atoms with Crippen molar-refractivity contribution in [2.24, 2.45) is 0 Å². The largest absolute Gasteiger partial charge is 0.233 e. The average molecular weight is 206 g/mol. The van der Waals surface area contributed by atoms with E-state index in [2.05, 4.69) is 0 Å². The van der Waals surface area contributed by atoms with Crippen molar-refractivity contribution in [3.63, 3.8) is 0 Å². The van der Waals surface area contributed by atoms with E-state index in [1.54, 1.807) is 0 Å². The van der Waals surface area contributed by atoms with Crippen molar-refractivity contribution in [3.8, 4) is 0 Å². The summed E-state index contributed by atoms with van der Waals surface area (Å²) in [5.41, 5.74) is 0. The van der Waals surface area contributed by atoms with Crippen LogP contribution in [0, 0.1) is 30.3 Å². The Morgan fingerprint density at radius 2 is 1.14 bits per heavy atom. The van der Waals surface area contributed by atoms with Gasteiger partial charge in [-0.3, -0.25) is 0 Å². The summed E-state index contributed by atoms with van der Waals surface area (Å²) in [4.78, 5) is 30.6. The van der Waals surface area contributed by atoms with Crippen LogP contribution >= 0.6 is 0 Å². The molecule has 0 spiro atoms. The summed E-state index contributed by atoms with van der Waals surface area (Å²) in [6.45, 7) is 0. The van der Waals surface area contributed by atoms with Crippen LogP contribution in [-0.2, 0) is 0 Å². The highest BCUT2D eigenvalue weighted by atomic mass is 16.8. The molecule has 1 rings (SSSR count). The average Bonchev–Trinajstić information content (AvgIpc) is 2.46. The summed E-state index contributed by atoms with van der Waals surface area (Å²) in [7, 11) is 0. The first-order valence-corrected chi connectivity index (χ1v) is 2.95. The Hall–Kier alpha value is -2.66. The molecular formula is C2H2N6O6. The summed E-state index contributed by atoms with van der Waals surface area (Å²) < 4.78 is 0. The zero-order valence-electron chi connectivity index (χ0n) is 6.29. The third kappa shape index (κ3) is 1.30. The van der Waals surface area contributed by atoms with E-state index in [1.165, 1.54) is 0 Å². The Labute approximate surface area is 74.5 Å². The Kier molecular flexibility index (Phi) is 2.02. The van der Waals surface area contributed by atoms with Crippen LogP contribution in [0.5, 0.6) is 0 Å². The van der Waals surface area contributed by atoms with Crippen LogP contribution in [0.3, 0.4) is 0 Å². The number of nitrogens with zero attached hydrogens (tertiary/aromatic N) is 6. The Balaban J connectivity index is 2.96. The van der Waals surface area contributed by atoms with E-state index in [1.807, 2.05) is 0 Å². The summed E-state index contributed by atoms with van der Waals surface area (Å²) in [6.07, 6.45) is 1.15. The van der Waals surface area contributed by atoms with E-state index < -0.39 is 15.1 Å². The van der Waals surface area contributed by atoms with Gasteiger partial charge in [0.05, 0.1) is 10.2 Å². The van der Waals surface area contributed by atoms with Crippen LogP contribution in [-0.4, -0.2) is 30.6 Å². The molecule has 0 fully saturated rings. The molecule has 0 saturated heterocycles. The van der Waals surface area contributed by atoms with E-state index >= 15 is 0 Å². The van der Waals surface area contributed by atoms with Gasteiger partial charge in [-0.2, -0.15) is 0 Å². The maximum Gasteiger partial charge on any atom is 0.213 e. The minimum absolute atomic E-state index is 0.136. The normalized spacial score (nSPS) is 14.7. The number of rotatable bonds is 3. The first-order chi connectivity index (χ1) is 6.45. The molecule has 0 saturated carbocycles. The van der Waals surface area contributed by atoms with Gasteiger partial charge in [0.2, 0.25) is 5.03 Å². The second kappa shape index (κ2) is 3.00. The lowest BCUT2D eigenvalue weighted by Gasteiger charge is -2.12. The monoisotopic (exact) mass is 206 g/mol. The highest BCUT2D eigenvalue weighted by Crippen LogP contribution is 2.13. The summed E-state index contributed by atoms with van der Waals surface area (Å²) >= 11 is 0. The molecule has 0 amide bonds. The van der Waals surface area contributed by atoms with Gasteiger partial charge in [-0.25, -0.2) is 30.3 Å². The van der Waals surface area contributed by atoms with Crippen LogP contribution in [0.2, 0.25) is 0 Å². The molecule has 76 valence electrons. The smallest absolute Gasteiger partial charge is 0.213 e. The van der Waals surface area contributed by atoms with Crippen LogP contribution in [0.1, 0.15) is 0 Å². The van der Waals surface area contributed by atoms with E-state index in [9.17, 15) is 30.3 Å². The van der Waals surface area contributed by atoms with Gasteiger partial charge in [0.15, 0.2) is 15.3 Å². The van der Waals surface area contributed by atoms with Crippen molar-refractivity contribution in [1.82, 2.24) is 15.5 Å². The van der Waals surface area contributed by atoms with Gasteiger partial charge in [-0.15, -0.1) is 0 Å². The van der Waals surface area contributed by atoms with Crippen molar-refractivity contribution < 1.29 is 15.1 Å². The van der Waals surface area contributed by atoms with E-state index in [0.29, 0.717) is 12.4 Å². The Morgan fingerprint density at radius 3 is 1.36 bits per heavy atom. The quantitative estimate of drug-likeness (QED) is 0.410. The van der Waals surface area contributed by atoms with Crippen LogP contribution < -0.4 is 0 Å². The standard InChI is InChI=1S/C2H2N6O6/c9-6(10)3-1-2-4(7(11)12)5(3)8(13)14/h1-2H. The summed E-state index contributed by atoms with van der Waals surface area (Å²) in [5, 5.41) is 26.3. The first kappa shape index (κ1) is 9.43. The van der Waals surface area contributed by atoms with Crippen molar-refractivity contribution in [2.45, 2.75) is 0 Å². The van der Waals surface area contributed by atoms with Crippen molar-refractivity contribution in [2.75, 3.05) is 0 Å². The Bertz CT molecular complexity index is 300. The maximum atomic E-state index is 10.2. The van der Waals surface area contributed by atoms with Crippen LogP contribution in [0.25, 0.3) is 0 Å². The lowest BCUT2D eigenvalue weighted by molar-refractivity contribution is -0.904. The second-order valence-corrected chi connectivity index (χ2v) is 1.92. The zero-order chi connectivity index (χ0) is 10.9. The van der Waals surface area contributed by atoms with Gasteiger partial charge in [0.25, 0.3) is 0 Å². The fraction of sp³-hybridized carbons (Fsp3) is 0. The molecule has 12 nitrogen and oxygen atoms in total. The SMILES string of the molecule is O=[N+]([O-])N1C=CN([N+](=O)[O-])N1[N+](=O)[O-]. The molecule has 0 atom stereocenters. The molecule has 0 bridgehead atoms. The second-order valence-electron chi connectivity index (χ2n) is 1.92. The minimum atomic E-state index is -1.30. The van der Waals surface area contributed by atoms with Crippen LogP contribution in [0.4, 0.5) is 0 Å². The van der Waals surface area contributed by atoms with Gasteiger partial charge in [-0.05, 0) is 0 Å².